The fourth-order valence-corrected chi connectivity index (χ4v) is 3.99. The molecule has 0 saturated carbocycles. The van der Waals surface area contributed by atoms with Crippen LogP contribution in [0.15, 0.2) is 53.4 Å². The normalized spacial score (nSPS) is 12.6. The van der Waals surface area contributed by atoms with Gasteiger partial charge < -0.3 is 4.74 Å². The van der Waals surface area contributed by atoms with E-state index in [1.165, 1.54) is 24.3 Å². The quantitative estimate of drug-likeness (QED) is 0.715. The Morgan fingerprint density at radius 2 is 1.81 bits per heavy atom. The lowest BCUT2D eigenvalue weighted by Gasteiger charge is -2.30. The molecule has 6 nitrogen and oxygen atoms in total. The van der Waals surface area contributed by atoms with Gasteiger partial charge in [-0.2, -0.15) is 5.26 Å². The van der Waals surface area contributed by atoms with Crippen molar-refractivity contribution in [1.82, 2.24) is 9.62 Å². The summed E-state index contributed by atoms with van der Waals surface area (Å²) in [7, 11) is -2.06. The van der Waals surface area contributed by atoms with Gasteiger partial charge >= 0.3 is 0 Å². The Morgan fingerprint density at radius 1 is 1.15 bits per heavy atom. The molecule has 0 saturated heterocycles. The van der Waals surface area contributed by atoms with Crippen LogP contribution >= 0.6 is 0 Å². The second-order valence-corrected chi connectivity index (χ2v) is 7.77. The smallest absolute Gasteiger partial charge is 0.240 e. The van der Waals surface area contributed by atoms with Gasteiger partial charge in [-0.3, -0.25) is 4.90 Å². The summed E-state index contributed by atoms with van der Waals surface area (Å²) in [5.74, 6) is 0.736. The van der Waals surface area contributed by atoms with Gasteiger partial charge in [0.05, 0.1) is 23.6 Å². The molecular weight excluding hydrogens is 362 g/mol. The van der Waals surface area contributed by atoms with E-state index in [0.717, 1.165) is 24.4 Å². The zero-order valence-corrected chi connectivity index (χ0v) is 16.7. The lowest BCUT2D eigenvalue weighted by atomic mass is 10.0. The standard InChI is InChI=1S/C20H25N3O3S/c1-4-23(5-2)20(17-7-6-8-18(13-17)26-3)15-22-27(24,25)19-11-9-16(14-21)10-12-19/h6-13,20,22H,4-5,15H2,1-3H3. The third kappa shape index (κ3) is 5.30. The number of sulfonamides is 1. The van der Waals surface area contributed by atoms with Gasteiger partial charge in [-0.15, -0.1) is 0 Å². The molecule has 0 radical (unpaired) electrons. The molecule has 2 rings (SSSR count). The lowest BCUT2D eigenvalue weighted by Crippen LogP contribution is -2.38. The molecule has 0 aliphatic heterocycles. The summed E-state index contributed by atoms with van der Waals surface area (Å²) in [6.07, 6.45) is 0. The maximum Gasteiger partial charge on any atom is 0.240 e. The Bertz CT molecular complexity index is 885. The molecule has 1 N–H and O–H groups in total. The minimum Gasteiger partial charge on any atom is -0.497 e. The van der Waals surface area contributed by atoms with Gasteiger partial charge in [0.25, 0.3) is 0 Å². The highest BCUT2D eigenvalue weighted by atomic mass is 32.2. The molecule has 2 aromatic rings. The van der Waals surface area contributed by atoms with Crippen molar-refractivity contribution in [1.29, 1.82) is 5.26 Å². The number of nitriles is 1. The molecule has 2 aromatic carbocycles. The Balaban J connectivity index is 2.25. The van der Waals surface area contributed by atoms with Gasteiger partial charge in [0.15, 0.2) is 0 Å². The van der Waals surface area contributed by atoms with Crippen LogP contribution in [0.1, 0.15) is 31.0 Å². The van der Waals surface area contributed by atoms with Crippen LogP contribution in [-0.4, -0.2) is 40.1 Å². The predicted octanol–water partition coefficient (Wildman–Crippen LogP) is 2.93. The largest absolute Gasteiger partial charge is 0.497 e. The van der Waals surface area contributed by atoms with Crippen molar-refractivity contribution < 1.29 is 13.2 Å². The number of ether oxygens (including phenoxy) is 1. The third-order valence-corrected chi connectivity index (χ3v) is 5.93. The van der Waals surface area contributed by atoms with Gasteiger partial charge in [-0.1, -0.05) is 26.0 Å². The number of hydrogen-bond acceptors (Lipinski definition) is 5. The number of hydrogen-bond donors (Lipinski definition) is 1. The van der Waals surface area contributed by atoms with Gasteiger partial charge in [0, 0.05) is 12.6 Å². The highest BCUT2D eigenvalue weighted by Crippen LogP contribution is 2.24. The van der Waals surface area contributed by atoms with Crippen molar-refractivity contribution in [3.63, 3.8) is 0 Å². The predicted molar refractivity (Wildman–Crippen MR) is 105 cm³/mol. The molecule has 0 aliphatic carbocycles. The molecule has 27 heavy (non-hydrogen) atoms. The van der Waals surface area contributed by atoms with Crippen molar-refractivity contribution in [3.8, 4) is 11.8 Å². The summed E-state index contributed by atoms with van der Waals surface area (Å²) in [5.41, 5.74) is 1.41. The van der Waals surface area contributed by atoms with Crippen LogP contribution in [0.5, 0.6) is 5.75 Å². The van der Waals surface area contributed by atoms with E-state index in [1.54, 1.807) is 7.11 Å². The Morgan fingerprint density at radius 3 is 2.37 bits per heavy atom. The molecule has 0 amide bonds. The molecule has 0 spiro atoms. The van der Waals surface area contributed by atoms with Crippen LogP contribution in [0.4, 0.5) is 0 Å². The summed E-state index contributed by atoms with van der Waals surface area (Å²) in [6.45, 7) is 5.91. The Labute approximate surface area is 161 Å². The number of methoxy groups -OCH3 is 1. The van der Waals surface area contributed by atoms with Crippen LogP contribution in [0.25, 0.3) is 0 Å². The molecule has 144 valence electrons. The minimum atomic E-state index is -3.67. The highest BCUT2D eigenvalue weighted by molar-refractivity contribution is 7.89. The average molecular weight is 388 g/mol. The van der Waals surface area contributed by atoms with E-state index in [9.17, 15) is 8.42 Å². The van der Waals surface area contributed by atoms with Gasteiger partial charge in [0.1, 0.15) is 5.75 Å². The molecule has 0 fully saturated rings. The molecule has 0 bridgehead atoms. The summed E-state index contributed by atoms with van der Waals surface area (Å²) < 4.78 is 33.3. The highest BCUT2D eigenvalue weighted by Gasteiger charge is 2.22. The van der Waals surface area contributed by atoms with Gasteiger partial charge in [-0.05, 0) is 55.1 Å². The molecule has 0 aliphatic rings. The summed E-state index contributed by atoms with van der Waals surface area (Å²) in [5, 5.41) is 8.86. The topological polar surface area (TPSA) is 82.4 Å². The van der Waals surface area contributed by atoms with E-state index in [1.807, 2.05) is 44.2 Å². The van der Waals surface area contributed by atoms with Crippen molar-refractivity contribution in [2.75, 3.05) is 26.7 Å². The van der Waals surface area contributed by atoms with Crippen LogP contribution in [0.3, 0.4) is 0 Å². The van der Waals surface area contributed by atoms with Crippen LogP contribution in [-0.2, 0) is 10.0 Å². The van der Waals surface area contributed by atoms with E-state index < -0.39 is 10.0 Å². The van der Waals surface area contributed by atoms with E-state index in [-0.39, 0.29) is 17.5 Å². The van der Waals surface area contributed by atoms with Gasteiger partial charge in [-0.25, -0.2) is 13.1 Å². The fourth-order valence-electron chi connectivity index (χ4n) is 2.95. The zero-order chi connectivity index (χ0) is 19.9. The monoisotopic (exact) mass is 387 g/mol. The maximum absolute atomic E-state index is 12.7. The van der Waals surface area contributed by atoms with Crippen LogP contribution in [0, 0.1) is 11.3 Å². The second kappa shape index (κ2) is 9.51. The molecule has 1 atom stereocenters. The Hall–Kier alpha value is -2.40. The first-order chi connectivity index (χ1) is 12.9. The average Bonchev–Trinajstić information content (AvgIpc) is 2.71. The first-order valence-corrected chi connectivity index (χ1v) is 10.3. The van der Waals surface area contributed by atoms with Crippen molar-refractivity contribution in [2.24, 2.45) is 0 Å². The first-order valence-electron chi connectivity index (χ1n) is 8.83. The zero-order valence-electron chi connectivity index (χ0n) is 15.8. The van der Waals surface area contributed by atoms with Crippen LogP contribution < -0.4 is 9.46 Å². The van der Waals surface area contributed by atoms with E-state index >= 15 is 0 Å². The lowest BCUT2D eigenvalue weighted by molar-refractivity contribution is 0.219. The number of rotatable bonds is 9. The van der Waals surface area contributed by atoms with Crippen molar-refractivity contribution in [2.45, 2.75) is 24.8 Å². The molecule has 1 unspecified atom stereocenters. The fraction of sp³-hybridized carbons (Fsp3) is 0.350. The van der Waals surface area contributed by atoms with Gasteiger partial charge in [0.2, 0.25) is 10.0 Å². The second-order valence-electron chi connectivity index (χ2n) is 6.00. The number of nitrogens with one attached hydrogen (secondary N) is 1. The van der Waals surface area contributed by atoms with Crippen LogP contribution in [0.2, 0.25) is 0 Å². The summed E-state index contributed by atoms with van der Waals surface area (Å²) in [6, 6.07) is 15.4. The molecule has 0 heterocycles. The maximum atomic E-state index is 12.7. The number of benzene rings is 2. The molecule has 7 heteroatoms. The van der Waals surface area contributed by atoms with E-state index in [0.29, 0.717) is 5.56 Å². The van der Waals surface area contributed by atoms with E-state index in [4.69, 9.17) is 10.00 Å². The van der Waals surface area contributed by atoms with E-state index in [2.05, 4.69) is 9.62 Å². The number of likely N-dealkylation sites (N-methyl/N-ethyl adjacent to an activating group) is 1. The number of nitrogens with zero attached hydrogens (tertiary/aromatic N) is 2. The first kappa shape index (κ1) is 20.9. The molecule has 0 aromatic heterocycles. The van der Waals surface area contributed by atoms with Crippen molar-refractivity contribution >= 4 is 10.0 Å². The third-order valence-electron chi connectivity index (χ3n) is 4.49. The van der Waals surface area contributed by atoms with Crippen molar-refractivity contribution in [3.05, 3.63) is 59.7 Å². The summed E-state index contributed by atoms with van der Waals surface area (Å²) in [4.78, 5) is 2.33. The summed E-state index contributed by atoms with van der Waals surface area (Å²) >= 11 is 0. The SMILES string of the molecule is CCN(CC)C(CNS(=O)(=O)c1ccc(C#N)cc1)c1cccc(OC)c1. The Kier molecular flexibility index (Phi) is 7.36. The molecular formula is C20H25N3O3S. The minimum absolute atomic E-state index is 0.122.